The van der Waals surface area contributed by atoms with Gasteiger partial charge in [-0.2, -0.15) is 0 Å². The van der Waals surface area contributed by atoms with Crippen molar-refractivity contribution in [2.45, 2.75) is 6.92 Å². The molecule has 0 fully saturated rings. The number of aryl methyl sites for hydroxylation is 1. The molecule has 0 amide bonds. The van der Waals surface area contributed by atoms with Crippen molar-refractivity contribution < 1.29 is 0 Å². The van der Waals surface area contributed by atoms with Gasteiger partial charge in [0.15, 0.2) is 8.07 Å². The Labute approximate surface area is 347 Å². The van der Waals surface area contributed by atoms with E-state index < -0.39 is 8.07 Å². The first kappa shape index (κ1) is 34.1. The van der Waals surface area contributed by atoms with E-state index in [1.54, 1.807) is 0 Å². The molecule has 0 N–H and O–H groups in total. The standard InChI is InChI=1S/C55H38N2SSi/c1-37-33-39(57-49-26-14-11-23-44(49)46-30-31-51-54(55(46)57)47-25-12-15-27-50(47)56(51)38-17-5-2-6-18-38)35-43(34-37)59(40-19-7-3-8-20-40,41-21-9-4-10-22-41)42-29-32-53-48(36-42)45-24-13-16-28-52(45)58-53/h2-36H,1H3. The fourth-order valence-electron chi connectivity index (χ4n) is 10.1. The highest BCUT2D eigenvalue weighted by atomic mass is 32.1. The maximum atomic E-state index is 2.57. The lowest BCUT2D eigenvalue weighted by Gasteiger charge is -2.35. The molecule has 0 saturated heterocycles. The molecule has 0 bridgehead atoms. The SMILES string of the molecule is Cc1cc(-n2c3ccccc3c3ccc4c(c5ccccc5n4-c4ccccc4)c32)cc([Si](c2ccccc2)(c2ccccc2)c2ccc3sc4ccccc4c3c2)c1. The van der Waals surface area contributed by atoms with Crippen LogP contribution in [0.1, 0.15) is 5.56 Å². The molecule has 2 nitrogen and oxygen atoms in total. The number of benzene rings is 9. The number of hydrogen-bond acceptors (Lipinski definition) is 1. The third-order valence-electron chi connectivity index (χ3n) is 12.5. The van der Waals surface area contributed by atoms with Gasteiger partial charge in [0.05, 0.1) is 22.1 Å². The molecule has 4 heteroatoms. The van der Waals surface area contributed by atoms with Crippen LogP contribution < -0.4 is 20.7 Å². The van der Waals surface area contributed by atoms with Gasteiger partial charge in [0, 0.05) is 53.1 Å². The molecule has 0 spiro atoms. The molecular formula is C55H38N2SSi. The molecule has 12 rings (SSSR count). The van der Waals surface area contributed by atoms with E-state index >= 15 is 0 Å². The summed E-state index contributed by atoms with van der Waals surface area (Å²) in [5, 5.41) is 13.2. The third-order valence-corrected chi connectivity index (χ3v) is 18.3. The Bertz CT molecular complexity index is 3520. The highest BCUT2D eigenvalue weighted by molar-refractivity contribution is 7.26. The van der Waals surface area contributed by atoms with Crippen LogP contribution in [0.4, 0.5) is 0 Å². The number of hydrogen-bond donors (Lipinski definition) is 0. The Hall–Kier alpha value is -6.98. The first-order chi connectivity index (χ1) is 29.2. The molecule has 0 aliphatic carbocycles. The lowest BCUT2D eigenvalue weighted by atomic mass is 10.1. The van der Waals surface area contributed by atoms with Crippen molar-refractivity contribution in [2.24, 2.45) is 0 Å². The second kappa shape index (κ2) is 13.3. The Morgan fingerprint density at radius 2 is 0.949 bits per heavy atom. The average Bonchev–Trinajstić information content (AvgIpc) is 3.95. The highest BCUT2D eigenvalue weighted by Gasteiger charge is 2.42. The quantitative estimate of drug-likeness (QED) is 0.117. The van der Waals surface area contributed by atoms with Gasteiger partial charge < -0.3 is 9.13 Å². The van der Waals surface area contributed by atoms with Gasteiger partial charge >= 0.3 is 0 Å². The van der Waals surface area contributed by atoms with Crippen LogP contribution in [0.2, 0.25) is 0 Å². The smallest absolute Gasteiger partial charge is 0.179 e. The molecule has 0 saturated carbocycles. The van der Waals surface area contributed by atoms with Gasteiger partial charge in [-0.15, -0.1) is 11.3 Å². The largest absolute Gasteiger partial charge is 0.309 e. The van der Waals surface area contributed by atoms with Crippen LogP contribution in [0.3, 0.4) is 0 Å². The van der Waals surface area contributed by atoms with Gasteiger partial charge in [0.1, 0.15) is 0 Å². The van der Waals surface area contributed by atoms with Gasteiger partial charge in [0.25, 0.3) is 0 Å². The van der Waals surface area contributed by atoms with Gasteiger partial charge in [-0.3, -0.25) is 0 Å². The van der Waals surface area contributed by atoms with Crippen LogP contribution in [0.25, 0.3) is 75.2 Å². The lowest BCUT2D eigenvalue weighted by molar-refractivity contribution is 1.17. The van der Waals surface area contributed by atoms with Crippen molar-refractivity contribution >= 4 is 104 Å². The van der Waals surface area contributed by atoms with Gasteiger partial charge in [-0.05, 0) is 87.8 Å². The second-order valence-electron chi connectivity index (χ2n) is 15.7. The van der Waals surface area contributed by atoms with Crippen molar-refractivity contribution in [3.63, 3.8) is 0 Å². The van der Waals surface area contributed by atoms with Crippen molar-refractivity contribution in [3.8, 4) is 11.4 Å². The van der Waals surface area contributed by atoms with Crippen LogP contribution >= 0.6 is 11.3 Å². The Balaban J connectivity index is 1.22. The predicted octanol–water partition coefficient (Wildman–Crippen LogP) is 11.9. The summed E-state index contributed by atoms with van der Waals surface area (Å²) < 4.78 is 7.65. The van der Waals surface area contributed by atoms with Gasteiger partial charge in [-0.1, -0.05) is 158 Å². The zero-order chi connectivity index (χ0) is 39.1. The average molecular weight is 787 g/mol. The normalized spacial score (nSPS) is 12.2. The van der Waals surface area contributed by atoms with Crippen LogP contribution in [0, 0.1) is 6.92 Å². The van der Waals surface area contributed by atoms with E-state index in [1.807, 2.05) is 11.3 Å². The summed E-state index contributed by atoms with van der Waals surface area (Å²) >= 11 is 1.89. The van der Waals surface area contributed by atoms with E-state index in [1.165, 1.54) is 95.8 Å². The summed E-state index contributed by atoms with van der Waals surface area (Å²) in [6, 6.07) is 79.7. The summed E-state index contributed by atoms with van der Waals surface area (Å²) in [6.45, 7) is 2.28. The number of nitrogens with zero attached hydrogens (tertiary/aromatic N) is 2. The van der Waals surface area contributed by atoms with E-state index in [0.717, 1.165) is 5.69 Å². The molecule has 59 heavy (non-hydrogen) atoms. The molecule has 3 aromatic heterocycles. The number of thiophene rings is 1. The summed E-state index contributed by atoms with van der Waals surface area (Å²) in [5.41, 5.74) is 8.45. The zero-order valence-corrected chi connectivity index (χ0v) is 34.3. The number of aromatic nitrogens is 2. The fourth-order valence-corrected chi connectivity index (χ4v) is 16.1. The van der Waals surface area contributed by atoms with Crippen molar-refractivity contribution in [2.75, 3.05) is 0 Å². The Kier molecular flexibility index (Phi) is 7.68. The van der Waals surface area contributed by atoms with Crippen molar-refractivity contribution in [3.05, 3.63) is 218 Å². The van der Waals surface area contributed by atoms with E-state index in [2.05, 4.69) is 228 Å². The molecule has 0 atom stereocenters. The minimum Gasteiger partial charge on any atom is -0.309 e. The summed E-state index contributed by atoms with van der Waals surface area (Å²) in [7, 11) is -2.94. The molecule has 0 radical (unpaired) electrons. The second-order valence-corrected chi connectivity index (χ2v) is 20.6. The predicted molar refractivity (Wildman–Crippen MR) is 256 cm³/mol. The molecule has 278 valence electrons. The Morgan fingerprint density at radius 1 is 0.356 bits per heavy atom. The summed E-state index contributed by atoms with van der Waals surface area (Å²) in [6.07, 6.45) is 0. The van der Waals surface area contributed by atoms with E-state index in [-0.39, 0.29) is 0 Å². The first-order valence-corrected chi connectivity index (χ1v) is 23.2. The molecule has 0 aliphatic rings. The molecule has 12 aromatic rings. The van der Waals surface area contributed by atoms with E-state index in [4.69, 9.17) is 0 Å². The maximum Gasteiger partial charge on any atom is 0.179 e. The van der Waals surface area contributed by atoms with Crippen LogP contribution in [0.15, 0.2) is 212 Å². The maximum absolute atomic E-state index is 2.94. The lowest BCUT2D eigenvalue weighted by Crippen LogP contribution is -2.74. The monoisotopic (exact) mass is 786 g/mol. The topological polar surface area (TPSA) is 9.86 Å². The van der Waals surface area contributed by atoms with Crippen LogP contribution in [0.5, 0.6) is 0 Å². The fraction of sp³-hybridized carbons (Fsp3) is 0.0182. The molecule has 0 unspecified atom stereocenters. The first-order valence-electron chi connectivity index (χ1n) is 20.3. The minimum absolute atomic E-state index is 1.16. The summed E-state index contributed by atoms with van der Waals surface area (Å²) in [5.74, 6) is 0. The third kappa shape index (κ3) is 5.04. The number of rotatable bonds is 6. The van der Waals surface area contributed by atoms with Crippen molar-refractivity contribution in [1.29, 1.82) is 0 Å². The zero-order valence-electron chi connectivity index (χ0n) is 32.5. The minimum atomic E-state index is -2.94. The van der Waals surface area contributed by atoms with Crippen LogP contribution in [-0.4, -0.2) is 17.2 Å². The van der Waals surface area contributed by atoms with Crippen molar-refractivity contribution in [1.82, 2.24) is 9.13 Å². The van der Waals surface area contributed by atoms with Crippen LogP contribution in [-0.2, 0) is 0 Å². The summed E-state index contributed by atoms with van der Waals surface area (Å²) in [4.78, 5) is 0. The van der Waals surface area contributed by atoms with E-state index in [9.17, 15) is 0 Å². The Morgan fingerprint density at radius 3 is 1.68 bits per heavy atom. The molecule has 0 aliphatic heterocycles. The molecule has 3 heterocycles. The van der Waals surface area contributed by atoms with Gasteiger partial charge in [0.2, 0.25) is 0 Å². The van der Waals surface area contributed by atoms with E-state index in [0.29, 0.717) is 0 Å². The number of fused-ring (bicyclic) bond motifs is 10. The molecular weight excluding hydrogens is 749 g/mol. The number of para-hydroxylation sites is 3. The highest BCUT2D eigenvalue weighted by Crippen LogP contribution is 2.42. The molecule has 9 aromatic carbocycles. The van der Waals surface area contributed by atoms with Gasteiger partial charge in [-0.25, -0.2) is 0 Å².